The van der Waals surface area contributed by atoms with Crippen molar-refractivity contribution in [3.05, 3.63) is 71.5 Å². The van der Waals surface area contributed by atoms with Crippen LogP contribution in [0.4, 0.5) is 11.6 Å². The molecule has 1 saturated heterocycles. The van der Waals surface area contributed by atoms with Crippen LogP contribution in [-0.4, -0.2) is 54.3 Å². The van der Waals surface area contributed by atoms with E-state index in [0.29, 0.717) is 11.4 Å². The van der Waals surface area contributed by atoms with Crippen LogP contribution >= 0.6 is 0 Å². The molecule has 0 saturated carbocycles. The van der Waals surface area contributed by atoms with Crippen molar-refractivity contribution in [1.82, 2.24) is 25.1 Å². The van der Waals surface area contributed by atoms with Crippen LogP contribution in [0.5, 0.6) is 11.6 Å². The second-order valence-electron chi connectivity index (χ2n) is 9.42. The van der Waals surface area contributed by atoms with Crippen LogP contribution in [-0.2, 0) is 17.1 Å². The van der Waals surface area contributed by atoms with Crippen LogP contribution in [0.15, 0.2) is 59.8 Å². The zero-order valence-corrected chi connectivity index (χ0v) is 22.7. The van der Waals surface area contributed by atoms with Gasteiger partial charge in [-0.15, -0.1) is 0 Å². The Balaban J connectivity index is 1.51. The monoisotopic (exact) mass is 533 g/mol. The first kappa shape index (κ1) is 25.7. The first-order valence-electron chi connectivity index (χ1n) is 12.4. The van der Waals surface area contributed by atoms with Gasteiger partial charge in [-0.05, 0) is 55.7 Å². The van der Waals surface area contributed by atoms with Crippen molar-refractivity contribution in [2.45, 2.75) is 25.7 Å². The van der Waals surface area contributed by atoms with Crippen molar-refractivity contribution in [3.8, 4) is 22.9 Å². The van der Waals surface area contributed by atoms with Gasteiger partial charge in [0.2, 0.25) is 11.8 Å². The van der Waals surface area contributed by atoms with Gasteiger partial charge in [0.05, 0.1) is 11.9 Å². The zero-order valence-electron chi connectivity index (χ0n) is 21.9. The summed E-state index contributed by atoms with van der Waals surface area (Å²) in [5.41, 5.74) is 5.72. The average Bonchev–Trinajstić information content (AvgIpc) is 3.32. The fraction of sp³-hybridized carbons (Fsp3) is 0.296. The Morgan fingerprint density at radius 2 is 1.71 bits per heavy atom. The summed E-state index contributed by atoms with van der Waals surface area (Å²) in [4.78, 5) is 11.3. The number of nitrogens with one attached hydrogen (secondary N) is 2. The van der Waals surface area contributed by atoms with E-state index < -0.39 is 10.0 Å². The van der Waals surface area contributed by atoms with Crippen molar-refractivity contribution in [3.63, 3.8) is 0 Å². The van der Waals surface area contributed by atoms with E-state index in [4.69, 9.17) is 4.74 Å². The Kier molecular flexibility index (Phi) is 7.04. The molecule has 1 aliphatic heterocycles. The Labute approximate surface area is 222 Å². The van der Waals surface area contributed by atoms with Crippen LogP contribution in [0.25, 0.3) is 11.3 Å². The summed E-state index contributed by atoms with van der Waals surface area (Å²) in [6.45, 7) is 9.85. The third-order valence-electron chi connectivity index (χ3n) is 6.51. The molecule has 4 aromatic rings. The van der Waals surface area contributed by atoms with Crippen LogP contribution in [0.3, 0.4) is 0 Å². The normalized spacial score (nSPS) is 13.9. The number of ether oxygens (including phenoxy) is 1. The van der Waals surface area contributed by atoms with Gasteiger partial charge in [-0.3, -0.25) is 4.68 Å². The molecule has 38 heavy (non-hydrogen) atoms. The highest BCUT2D eigenvalue weighted by atomic mass is 32.2. The van der Waals surface area contributed by atoms with Crippen molar-refractivity contribution in [1.29, 1.82) is 0 Å². The second-order valence-corrected chi connectivity index (χ2v) is 11.1. The van der Waals surface area contributed by atoms with Gasteiger partial charge in [-0.2, -0.15) is 10.1 Å². The molecule has 2 aromatic heterocycles. The largest absolute Gasteiger partial charge is 0.439 e. The van der Waals surface area contributed by atoms with Crippen molar-refractivity contribution >= 4 is 21.7 Å². The van der Waals surface area contributed by atoms with E-state index in [9.17, 15) is 8.42 Å². The predicted molar refractivity (Wildman–Crippen MR) is 147 cm³/mol. The number of hydrogen-bond donors (Lipinski definition) is 2. The van der Waals surface area contributed by atoms with E-state index >= 15 is 0 Å². The number of hydrogen-bond acceptors (Lipinski definition) is 8. The molecule has 2 aromatic carbocycles. The van der Waals surface area contributed by atoms with Crippen LogP contribution in [0.2, 0.25) is 0 Å². The van der Waals surface area contributed by atoms with Crippen LogP contribution in [0.1, 0.15) is 16.7 Å². The summed E-state index contributed by atoms with van der Waals surface area (Å²) >= 11 is 0. The average molecular weight is 534 g/mol. The molecule has 0 spiro atoms. The van der Waals surface area contributed by atoms with Crippen LogP contribution in [0, 0.1) is 20.8 Å². The second kappa shape index (κ2) is 10.4. The summed E-state index contributed by atoms with van der Waals surface area (Å²) in [5, 5.41) is 7.33. The highest BCUT2D eigenvalue weighted by Gasteiger charge is 2.20. The quantitative estimate of drug-likeness (QED) is 0.369. The molecule has 0 bridgehead atoms. The Hall–Kier alpha value is -3.96. The van der Waals surface area contributed by atoms with Gasteiger partial charge in [0.1, 0.15) is 10.6 Å². The lowest BCUT2D eigenvalue weighted by Crippen LogP contribution is -2.43. The molecular formula is C27H31N7O3S. The van der Waals surface area contributed by atoms with Crippen molar-refractivity contribution in [2.24, 2.45) is 7.05 Å². The van der Waals surface area contributed by atoms with Crippen molar-refractivity contribution < 1.29 is 13.2 Å². The molecule has 0 radical (unpaired) electrons. The van der Waals surface area contributed by atoms with Crippen molar-refractivity contribution in [2.75, 3.05) is 35.8 Å². The maximum atomic E-state index is 13.0. The fourth-order valence-corrected chi connectivity index (χ4v) is 5.59. The molecule has 0 unspecified atom stereocenters. The number of sulfonamides is 1. The zero-order chi connectivity index (χ0) is 26.9. The van der Waals surface area contributed by atoms with E-state index in [1.165, 1.54) is 22.8 Å². The molecule has 1 aliphatic rings. The minimum Gasteiger partial charge on any atom is -0.439 e. The molecule has 198 valence electrons. The molecule has 2 N–H and O–H groups in total. The Bertz CT molecular complexity index is 1560. The highest BCUT2D eigenvalue weighted by molar-refractivity contribution is 7.92. The molecule has 3 heterocycles. The number of aromatic nitrogens is 4. The standard InChI is InChI=1S/C27H31N7O3S/c1-18-6-5-7-19(2)26(18)23-15-25(31-27(30-23)32-38(35,36)22-16-29-33(4)17-22)37-21-8-9-24(20(3)14-21)34-12-10-28-11-13-34/h5-9,14-17,28H,10-13H2,1-4H3,(H,30,31,32). The molecule has 0 atom stereocenters. The lowest BCUT2D eigenvalue weighted by Gasteiger charge is -2.30. The van der Waals surface area contributed by atoms with E-state index in [2.05, 4.69) is 43.0 Å². The first-order chi connectivity index (χ1) is 18.2. The fourth-order valence-electron chi connectivity index (χ4n) is 4.66. The smallest absolute Gasteiger partial charge is 0.267 e. The van der Waals surface area contributed by atoms with Gasteiger partial charge in [0.25, 0.3) is 10.0 Å². The molecule has 0 aliphatic carbocycles. The predicted octanol–water partition coefficient (Wildman–Crippen LogP) is 3.81. The summed E-state index contributed by atoms with van der Waals surface area (Å²) < 4.78 is 36.1. The Morgan fingerprint density at radius 1 is 0.974 bits per heavy atom. The number of rotatable bonds is 7. The van der Waals surface area contributed by atoms with E-state index in [1.54, 1.807) is 13.1 Å². The van der Waals surface area contributed by atoms with Gasteiger partial charge in [-0.1, -0.05) is 18.2 Å². The summed E-state index contributed by atoms with van der Waals surface area (Å²) in [6, 6.07) is 13.6. The van der Waals surface area contributed by atoms with Gasteiger partial charge in [0, 0.05) is 56.7 Å². The molecule has 10 nitrogen and oxygen atoms in total. The van der Waals surface area contributed by atoms with Crippen LogP contribution < -0.4 is 19.7 Å². The number of anilines is 2. The molecule has 1 fully saturated rings. The first-order valence-corrected chi connectivity index (χ1v) is 13.9. The lowest BCUT2D eigenvalue weighted by atomic mass is 10.00. The number of aryl methyl sites for hydroxylation is 4. The summed E-state index contributed by atoms with van der Waals surface area (Å²) in [6.07, 6.45) is 2.69. The molecular weight excluding hydrogens is 502 g/mol. The van der Waals surface area contributed by atoms with Gasteiger partial charge in [0.15, 0.2) is 0 Å². The van der Waals surface area contributed by atoms with Gasteiger partial charge in [-0.25, -0.2) is 18.1 Å². The third kappa shape index (κ3) is 5.48. The summed E-state index contributed by atoms with van der Waals surface area (Å²) in [7, 11) is -2.30. The highest BCUT2D eigenvalue weighted by Crippen LogP contribution is 2.32. The van der Waals surface area contributed by atoms with E-state index in [0.717, 1.165) is 48.4 Å². The number of nitrogens with zero attached hydrogens (tertiary/aromatic N) is 5. The number of piperazine rings is 1. The minimum atomic E-state index is -3.95. The molecule has 0 amide bonds. The maximum Gasteiger partial charge on any atom is 0.267 e. The summed E-state index contributed by atoms with van der Waals surface area (Å²) in [5.74, 6) is 0.752. The van der Waals surface area contributed by atoms with Gasteiger partial charge < -0.3 is 15.0 Å². The van der Waals surface area contributed by atoms with Gasteiger partial charge >= 0.3 is 0 Å². The molecule has 5 rings (SSSR count). The Morgan fingerprint density at radius 3 is 2.37 bits per heavy atom. The maximum absolute atomic E-state index is 13.0. The third-order valence-corrected chi connectivity index (χ3v) is 7.79. The SMILES string of the molecule is Cc1cc(Oc2cc(-c3c(C)cccc3C)nc(NS(=O)(=O)c3cnn(C)c3)n2)ccc1N1CCNCC1. The topological polar surface area (TPSA) is 114 Å². The minimum absolute atomic E-state index is 0.0164. The van der Waals surface area contributed by atoms with E-state index in [-0.39, 0.29) is 16.7 Å². The number of benzene rings is 2. The lowest BCUT2D eigenvalue weighted by molar-refractivity contribution is 0.462. The molecule has 11 heteroatoms. The van der Waals surface area contributed by atoms with E-state index in [1.807, 2.05) is 44.2 Å².